The first-order valence-corrected chi connectivity index (χ1v) is 9.62. The molecule has 0 aliphatic carbocycles. The molecule has 2 atom stereocenters. The summed E-state index contributed by atoms with van der Waals surface area (Å²) in [5.41, 5.74) is 1.09. The molecule has 1 N–H and O–H groups in total. The Bertz CT molecular complexity index is 698. The molecular weight excluding hydrogens is 320 g/mol. The van der Waals surface area contributed by atoms with E-state index in [-0.39, 0.29) is 0 Å². The zero-order valence-electron chi connectivity index (χ0n) is 14.1. The van der Waals surface area contributed by atoms with Crippen molar-refractivity contribution < 1.29 is 4.79 Å². The Hall–Kier alpha value is -1.66. The number of nitrogens with one attached hydrogen (secondary N) is 1. The topological polar surface area (TPSA) is 48.5 Å². The Labute approximate surface area is 146 Å². The monoisotopic (exact) mass is 344 g/mol. The highest BCUT2D eigenvalue weighted by atomic mass is 32.1. The van der Waals surface area contributed by atoms with Crippen molar-refractivity contribution in [3.8, 4) is 0 Å². The maximum absolute atomic E-state index is 12.3. The van der Waals surface area contributed by atoms with Crippen LogP contribution in [0.25, 0.3) is 10.2 Å². The van der Waals surface area contributed by atoms with Crippen LogP contribution in [0, 0.1) is 5.92 Å². The predicted molar refractivity (Wildman–Crippen MR) is 98.6 cm³/mol. The molecule has 2 saturated heterocycles. The fourth-order valence-corrected chi connectivity index (χ4v) is 5.04. The molecule has 2 aliphatic rings. The highest BCUT2D eigenvalue weighted by Crippen LogP contribution is 2.36. The fourth-order valence-electron chi connectivity index (χ4n) is 4.04. The van der Waals surface area contributed by atoms with Gasteiger partial charge in [-0.3, -0.25) is 4.79 Å². The van der Waals surface area contributed by atoms with Crippen LogP contribution in [-0.4, -0.2) is 55.1 Å². The number of para-hydroxylation sites is 1. The summed E-state index contributed by atoms with van der Waals surface area (Å²) in [4.78, 5) is 21.7. The standard InChI is InChI=1S/C18H24N4OS/c1-19-9-11-22-15-8-10-21(12-13(15)6-7-17(22)23)18-20-14-4-2-3-5-16(14)24-18/h2-5,13,15,19H,6-12H2,1H3/t13-,15+/m0/s1. The summed E-state index contributed by atoms with van der Waals surface area (Å²) in [6.07, 6.45) is 2.76. The summed E-state index contributed by atoms with van der Waals surface area (Å²) in [6.45, 7) is 3.71. The van der Waals surface area contributed by atoms with Gasteiger partial charge in [0, 0.05) is 38.6 Å². The largest absolute Gasteiger partial charge is 0.348 e. The summed E-state index contributed by atoms with van der Waals surface area (Å²) in [5, 5.41) is 4.30. The van der Waals surface area contributed by atoms with E-state index >= 15 is 0 Å². The number of hydrogen-bond acceptors (Lipinski definition) is 5. The van der Waals surface area contributed by atoms with Crippen LogP contribution in [0.3, 0.4) is 0 Å². The van der Waals surface area contributed by atoms with E-state index in [9.17, 15) is 4.79 Å². The van der Waals surface area contributed by atoms with Gasteiger partial charge in [-0.05, 0) is 37.9 Å². The van der Waals surface area contributed by atoms with Crippen molar-refractivity contribution in [2.45, 2.75) is 25.3 Å². The van der Waals surface area contributed by atoms with E-state index in [0.29, 0.717) is 24.3 Å². The van der Waals surface area contributed by atoms with E-state index in [0.717, 1.165) is 49.7 Å². The van der Waals surface area contributed by atoms with Gasteiger partial charge in [0.1, 0.15) is 0 Å². The lowest BCUT2D eigenvalue weighted by molar-refractivity contribution is -0.139. The van der Waals surface area contributed by atoms with Crippen molar-refractivity contribution in [1.82, 2.24) is 15.2 Å². The van der Waals surface area contributed by atoms with Crippen molar-refractivity contribution in [3.63, 3.8) is 0 Å². The molecule has 2 aromatic rings. The molecule has 2 aliphatic heterocycles. The minimum Gasteiger partial charge on any atom is -0.348 e. The number of hydrogen-bond donors (Lipinski definition) is 1. The number of likely N-dealkylation sites (N-methyl/N-ethyl adjacent to an activating group) is 1. The van der Waals surface area contributed by atoms with Crippen LogP contribution < -0.4 is 10.2 Å². The molecule has 4 rings (SSSR count). The van der Waals surface area contributed by atoms with Crippen LogP contribution in [0.1, 0.15) is 19.3 Å². The Morgan fingerprint density at radius 3 is 3.04 bits per heavy atom. The molecule has 1 amide bonds. The molecule has 6 heteroatoms. The van der Waals surface area contributed by atoms with Crippen molar-refractivity contribution >= 4 is 32.6 Å². The quantitative estimate of drug-likeness (QED) is 0.925. The number of aromatic nitrogens is 1. The van der Waals surface area contributed by atoms with Crippen LogP contribution in [0.5, 0.6) is 0 Å². The van der Waals surface area contributed by atoms with Crippen molar-refractivity contribution in [2.24, 2.45) is 5.92 Å². The predicted octanol–water partition coefficient (Wildman–Crippen LogP) is 2.33. The van der Waals surface area contributed by atoms with E-state index in [1.54, 1.807) is 11.3 Å². The summed E-state index contributed by atoms with van der Waals surface area (Å²) in [5.74, 6) is 0.903. The maximum Gasteiger partial charge on any atom is 0.222 e. The van der Waals surface area contributed by atoms with Gasteiger partial charge in [-0.15, -0.1) is 0 Å². The van der Waals surface area contributed by atoms with Crippen LogP contribution in [0.15, 0.2) is 24.3 Å². The van der Waals surface area contributed by atoms with Crippen LogP contribution in [-0.2, 0) is 4.79 Å². The SMILES string of the molecule is CNCCN1C(=O)CC[C@H]2CN(c3nc4ccccc4s3)CC[C@H]21. The van der Waals surface area contributed by atoms with Crippen LogP contribution in [0.4, 0.5) is 5.13 Å². The average Bonchev–Trinajstić information content (AvgIpc) is 3.05. The molecule has 3 heterocycles. The van der Waals surface area contributed by atoms with Gasteiger partial charge in [-0.25, -0.2) is 4.98 Å². The number of piperidine rings is 2. The van der Waals surface area contributed by atoms with Gasteiger partial charge < -0.3 is 15.1 Å². The zero-order valence-corrected chi connectivity index (χ0v) is 14.9. The van der Waals surface area contributed by atoms with E-state index in [4.69, 9.17) is 4.98 Å². The second-order valence-electron chi connectivity index (χ2n) is 6.76. The third kappa shape index (κ3) is 2.89. The highest BCUT2D eigenvalue weighted by Gasteiger charge is 2.39. The van der Waals surface area contributed by atoms with Crippen molar-refractivity contribution in [1.29, 1.82) is 0 Å². The van der Waals surface area contributed by atoms with Crippen molar-refractivity contribution in [3.05, 3.63) is 24.3 Å². The maximum atomic E-state index is 12.3. The number of rotatable bonds is 4. The number of anilines is 1. The molecule has 2 fully saturated rings. The number of nitrogens with zero attached hydrogens (tertiary/aromatic N) is 3. The minimum absolute atomic E-state index is 0.333. The van der Waals surface area contributed by atoms with E-state index < -0.39 is 0 Å². The Kier molecular flexibility index (Phi) is 4.41. The molecular formula is C18H24N4OS. The minimum atomic E-state index is 0.333. The lowest BCUT2D eigenvalue weighted by Gasteiger charge is -2.47. The Morgan fingerprint density at radius 2 is 2.21 bits per heavy atom. The number of thiazole rings is 1. The Balaban J connectivity index is 1.50. The first kappa shape index (κ1) is 15.8. The van der Waals surface area contributed by atoms with Gasteiger partial charge in [0.05, 0.1) is 10.2 Å². The summed E-state index contributed by atoms with van der Waals surface area (Å²) in [7, 11) is 1.95. The molecule has 0 radical (unpaired) electrons. The van der Waals surface area contributed by atoms with Crippen molar-refractivity contribution in [2.75, 3.05) is 38.1 Å². The molecule has 24 heavy (non-hydrogen) atoms. The molecule has 1 aromatic carbocycles. The van der Waals surface area contributed by atoms with Gasteiger partial charge >= 0.3 is 0 Å². The van der Waals surface area contributed by atoms with E-state index in [1.807, 2.05) is 13.1 Å². The number of carbonyl (C=O) groups excluding carboxylic acids is 1. The lowest BCUT2D eigenvalue weighted by Crippen LogP contribution is -2.57. The summed E-state index contributed by atoms with van der Waals surface area (Å²) in [6, 6.07) is 8.75. The normalized spacial score (nSPS) is 24.5. The molecule has 0 unspecified atom stereocenters. The van der Waals surface area contributed by atoms with E-state index in [1.165, 1.54) is 4.70 Å². The van der Waals surface area contributed by atoms with Gasteiger partial charge in [0.25, 0.3) is 0 Å². The lowest BCUT2D eigenvalue weighted by atomic mass is 9.83. The molecule has 5 nitrogen and oxygen atoms in total. The smallest absolute Gasteiger partial charge is 0.222 e. The molecule has 128 valence electrons. The van der Waals surface area contributed by atoms with Gasteiger partial charge in [-0.2, -0.15) is 0 Å². The third-order valence-corrected chi connectivity index (χ3v) is 6.40. The van der Waals surface area contributed by atoms with Crippen LogP contribution >= 0.6 is 11.3 Å². The average molecular weight is 344 g/mol. The summed E-state index contributed by atoms with van der Waals surface area (Å²) >= 11 is 1.78. The number of fused-ring (bicyclic) bond motifs is 2. The van der Waals surface area contributed by atoms with Gasteiger partial charge in [0.2, 0.25) is 5.91 Å². The number of carbonyl (C=O) groups is 1. The highest BCUT2D eigenvalue weighted by molar-refractivity contribution is 7.22. The van der Waals surface area contributed by atoms with E-state index in [2.05, 4.69) is 33.3 Å². The Morgan fingerprint density at radius 1 is 1.33 bits per heavy atom. The number of amides is 1. The third-order valence-electron chi connectivity index (χ3n) is 5.30. The molecule has 0 spiro atoms. The number of likely N-dealkylation sites (tertiary alicyclic amines) is 1. The second-order valence-corrected chi connectivity index (χ2v) is 7.76. The number of benzene rings is 1. The van der Waals surface area contributed by atoms with Gasteiger partial charge in [0.15, 0.2) is 5.13 Å². The van der Waals surface area contributed by atoms with Gasteiger partial charge in [-0.1, -0.05) is 23.5 Å². The molecule has 1 aromatic heterocycles. The first-order valence-electron chi connectivity index (χ1n) is 8.81. The summed E-state index contributed by atoms with van der Waals surface area (Å²) < 4.78 is 1.25. The zero-order chi connectivity index (χ0) is 16.5. The fraction of sp³-hybridized carbons (Fsp3) is 0.556. The molecule has 0 saturated carbocycles. The van der Waals surface area contributed by atoms with Crippen LogP contribution in [0.2, 0.25) is 0 Å². The molecule has 0 bridgehead atoms. The first-order chi connectivity index (χ1) is 11.8. The second kappa shape index (κ2) is 6.69.